The molecule has 1 aromatic heterocycles. The zero-order valence-corrected chi connectivity index (χ0v) is 11.1. The molecule has 4 heteroatoms. The molecule has 0 aliphatic rings. The molecule has 0 aliphatic heterocycles. The second kappa shape index (κ2) is 6.48. The summed E-state index contributed by atoms with van der Waals surface area (Å²) in [5.41, 5.74) is 2.28. The second-order valence-corrected chi connectivity index (χ2v) is 3.90. The molecule has 0 saturated heterocycles. The summed E-state index contributed by atoms with van der Waals surface area (Å²) >= 11 is 6.17. The predicted molar refractivity (Wildman–Crippen MR) is 75.4 cm³/mol. The summed E-state index contributed by atoms with van der Waals surface area (Å²) in [6.45, 7) is 2.12. The number of nitrogens with zero attached hydrogens (tertiary/aromatic N) is 2. The van der Waals surface area contributed by atoms with Gasteiger partial charge in [-0.2, -0.15) is 0 Å². The van der Waals surface area contributed by atoms with Crippen LogP contribution in [0.2, 0.25) is 5.02 Å². The van der Waals surface area contributed by atoms with E-state index in [1.807, 2.05) is 41.2 Å². The Morgan fingerprint density at radius 1 is 1.41 bits per heavy atom. The molecule has 90 valence electrons. The van der Waals surface area contributed by atoms with Gasteiger partial charge in [0.05, 0.1) is 6.33 Å². The molecule has 0 radical (unpaired) electrons. The molecule has 0 unspecified atom stereocenters. The minimum Gasteiger partial charge on any atom is -0.313 e. The third kappa shape index (κ3) is 3.35. The van der Waals surface area contributed by atoms with Crippen LogP contribution in [0.3, 0.4) is 0 Å². The monoisotopic (exact) mass is 268 g/mol. The Hall–Kier alpha value is -1.25. The maximum atomic E-state index is 6.17. The molecule has 2 nitrogen and oxygen atoms in total. The molecule has 0 N–H and O–H groups in total. The number of hydrogen-bond acceptors (Lipinski definition) is 1. The van der Waals surface area contributed by atoms with Crippen molar-refractivity contribution in [2.75, 3.05) is 0 Å². The Balaban J connectivity index is 0.00000144. The number of imidazole rings is 1. The molecule has 0 bridgehead atoms. The summed E-state index contributed by atoms with van der Waals surface area (Å²) in [7, 11) is 0. The van der Waals surface area contributed by atoms with Crippen LogP contribution in [0, 0.1) is 0 Å². The molecule has 0 amide bonds. The van der Waals surface area contributed by atoms with Gasteiger partial charge < -0.3 is 4.57 Å². The molecular weight excluding hydrogens is 255 g/mol. The summed E-state index contributed by atoms with van der Waals surface area (Å²) in [5.74, 6) is 0. The maximum Gasteiger partial charge on any atom is 0.0986 e. The lowest BCUT2D eigenvalue weighted by Crippen LogP contribution is -1.88. The first-order valence-corrected chi connectivity index (χ1v) is 5.62. The van der Waals surface area contributed by atoms with Gasteiger partial charge in [0.2, 0.25) is 0 Å². The highest BCUT2D eigenvalue weighted by molar-refractivity contribution is 6.32. The zero-order valence-electron chi connectivity index (χ0n) is 9.51. The van der Waals surface area contributed by atoms with E-state index < -0.39 is 0 Å². The van der Waals surface area contributed by atoms with E-state index in [0.29, 0.717) is 0 Å². The molecule has 17 heavy (non-hydrogen) atoms. The lowest BCUT2D eigenvalue weighted by atomic mass is 10.0. The summed E-state index contributed by atoms with van der Waals surface area (Å²) in [5, 5.41) is 0.788. The quantitative estimate of drug-likeness (QED) is 0.809. The van der Waals surface area contributed by atoms with Crippen LogP contribution in [0.5, 0.6) is 0 Å². The molecule has 0 saturated carbocycles. The predicted octanol–water partition coefficient (Wildman–Crippen LogP) is 4.37. The van der Waals surface area contributed by atoms with Crippen molar-refractivity contribution in [3.05, 3.63) is 53.6 Å². The molecular formula is C13H14Cl2N2. The fourth-order valence-corrected chi connectivity index (χ4v) is 1.86. The van der Waals surface area contributed by atoms with E-state index in [1.54, 1.807) is 12.5 Å². The summed E-state index contributed by atoms with van der Waals surface area (Å²) in [4.78, 5) is 4.01. The van der Waals surface area contributed by atoms with E-state index in [-0.39, 0.29) is 12.4 Å². The molecule has 2 rings (SSSR count). The molecule has 0 atom stereocenters. The number of aromatic nitrogens is 2. The standard InChI is InChI=1S/C13H13ClN2.ClH/c1-2-11(9-16-8-7-15-10-16)12-5-3-4-6-13(12)14;/h3-10H,2H2,1H3;1H. The molecule has 1 aromatic carbocycles. The molecule has 2 aromatic rings. The number of hydrogen-bond donors (Lipinski definition) is 0. The molecule has 0 aliphatic carbocycles. The van der Waals surface area contributed by atoms with E-state index in [0.717, 1.165) is 17.0 Å². The van der Waals surface area contributed by atoms with Crippen LogP contribution in [-0.4, -0.2) is 9.55 Å². The van der Waals surface area contributed by atoms with Crippen LogP contribution in [0.25, 0.3) is 11.8 Å². The van der Waals surface area contributed by atoms with Crippen molar-refractivity contribution in [3.63, 3.8) is 0 Å². The molecule has 1 heterocycles. The number of benzene rings is 1. The Morgan fingerprint density at radius 3 is 2.76 bits per heavy atom. The summed E-state index contributed by atoms with van der Waals surface area (Å²) in [6.07, 6.45) is 8.42. The van der Waals surface area contributed by atoms with E-state index >= 15 is 0 Å². The lowest BCUT2D eigenvalue weighted by Gasteiger charge is -2.07. The minimum absolute atomic E-state index is 0. The highest BCUT2D eigenvalue weighted by Gasteiger charge is 2.03. The first-order chi connectivity index (χ1) is 7.81. The van der Waals surface area contributed by atoms with Crippen LogP contribution in [-0.2, 0) is 0 Å². The number of rotatable bonds is 3. The van der Waals surface area contributed by atoms with Crippen molar-refractivity contribution < 1.29 is 0 Å². The highest BCUT2D eigenvalue weighted by Crippen LogP contribution is 2.26. The molecule has 0 spiro atoms. The topological polar surface area (TPSA) is 17.8 Å². The van der Waals surface area contributed by atoms with E-state index in [1.165, 1.54) is 5.57 Å². The lowest BCUT2D eigenvalue weighted by molar-refractivity contribution is 1.12. The first kappa shape index (κ1) is 13.8. The second-order valence-electron chi connectivity index (χ2n) is 3.50. The summed E-state index contributed by atoms with van der Waals surface area (Å²) < 4.78 is 1.93. The first-order valence-electron chi connectivity index (χ1n) is 5.24. The van der Waals surface area contributed by atoms with Gasteiger partial charge in [-0.3, -0.25) is 0 Å². The van der Waals surface area contributed by atoms with Crippen LogP contribution >= 0.6 is 24.0 Å². The molecule has 0 fully saturated rings. The van der Waals surface area contributed by atoms with Crippen molar-refractivity contribution in [3.8, 4) is 0 Å². The van der Waals surface area contributed by atoms with Crippen LogP contribution < -0.4 is 0 Å². The maximum absolute atomic E-state index is 6.17. The van der Waals surface area contributed by atoms with E-state index in [9.17, 15) is 0 Å². The van der Waals surface area contributed by atoms with Gasteiger partial charge in [0.1, 0.15) is 0 Å². The Morgan fingerprint density at radius 2 is 2.18 bits per heavy atom. The van der Waals surface area contributed by atoms with Gasteiger partial charge >= 0.3 is 0 Å². The van der Waals surface area contributed by atoms with Crippen molar-refractivity contribution in [1.29, 1.82) is 0 Å². The Kier molecular flexibility index (Phi) is 5.26. The highest BCUT2D eigenvalue weighted by atomic mass is 35.5. The van der Waals surface area contributed by atoms with Gasteiger partial charge in [-0.25, -0.2) is 4.98 Å². The largest absolute Gasteiger partial charge is 0.313 e. The van der Waals surface area contributed by atoms with E-state index in [4.69, 9.17) is 11.6 Å². The van der Waals surface area contributed by atoms with Gasteiger partial charge in [0.25, 0.3) is 0 Å². The number of halogens is 2. The number of allylic oxidation sites excluding steroid dienone is 1. The van der Waals surface area contributed by atoms with Crippen LogP contribution in [0.15, 0.2) is 43.0 Å². The van der Waals surface area contributed by atoms with Gasteiger partial charge in [-0.1, -0.05) is 36.7 Å². The third-order valence-corrected chi connectivity index (χ3v) is 2.76. The average Bonchev–Trinajstić information content (AvgIpc) is 2.80. The van der Waals surface area contributed by atoms with Gasteiger partial charge in [-0.05, 0) is 23.6 Å². The Bertz CT molecular complexity index is 490. The van der Waals surface area contributed by atoms with Crippen molar-refractivity contribution in [2.45, 2.75) is 13.3 Å². The van der Waals surface area contributed by atoms with Gasteiger partial charge in [0.15, 0.2) is 0 Å². The van der Waals surface area contributed by atoms with Gasteiger partial charge in [0, 0.05) is 23.6 Å². The third-order valence-electron chi connectivity index (χ3n) is 2.43. The summed E-state index contributed by atoms with van der Waals surface area (Å²) in [6, 6.07) is 7.89. The van der Waals surface area contributed by atoms with Crippen molar-refractivity contribution in [1.82, 2.24) is 9.55 Å². The SMILES string of the molecule is CCC(=Cn1ccnc1)c1ccccc1Cl.Cl. The van der Waals surface area contributed by atoms with E-state index in [2.05, 4.69) is 11.9 Å². The Labute approximate surface area is 112 Å². The van der Waals surface area contributed by atoms with Gasteiger partial charge in [-0.15, -0.1) is 12.4 Å². The van der Waals surface area contributed by atoms with Crippen molar-refractivity contribution >= 4 is 35.8 Å². The smallest absolute Gasteiger partial charge is 0.0986 e. The van der Waals surface area contributed by atoms with Crippen LogP contribution in [0.1, 0.15) is 18.9 Å². The minimum atomic E-state index is 0. The van der Waals surface area contributed by atoms with Crippen LogP contribution in [0.4, 0.5) is 0 Å². The fourth-order valence-electron chi connectivity index (χ4n) is 1.60. The fraction of sp³-hybridized carbons (Fsp3) is 0.154. The zero-order chi connectivity index (χ0) is 11.4. The normalized spacial score (nSPS) is 11.1. The average molecular weight is 269 g/mol. The van der Waals surface area contributed by atoms with Crippen molar-refractivity contribution in [2.24, 2.45) is 0 Å².